The first-order valence-electron chi connectivity index (χ1n) is 6.33. The lowest BCUT2D eigenvalue weighted by Gasteiger charge is -2.19. The van der Waals surface area contributed by atoms with Gasteiger partial charge in [-0.1, -0.05) is 13.0 Å². The van der Waals surface area contributed by atoms with Crippen LogP contribution < -0.4 is 0 Å². The maximum atomic E-state index is 9.49. The zero-order valence-electron chi connectivity index (χ0n) is 11.0. The highest BCUT2D eigenvalue weighted by atomic mass is 16.3. The Hall–Kier alpha value is -0.860. The van der Waals surface area contributed by atoms with Gasteiger partial charge in [-0.2, -0.15) is 0 Å². The number of aryl methyl sites for hydroxylation is 1. The van der Waals surface area contributed by atoms with Crippen molar-refractivity contribution in [2.75, 3.05) is 13.2 Å². The third-order valence-electron chi connectivity index (χ3n) is 4.12. The predicted molar refractivity (Wildman–Crippen MR) is 69.3 cm³/mol. The molecule has 2 N–H and O–H groups in total. The smallest absolute Gasteiger partial charge is 0.0491 e. The molecule has 0 spiro atoms. The minimum Gasteiger partial charge on any atom is -0.396 e. The van der Waals surface area contributed by atoms with Crippen molar-refractivity contribution in [1.82, 2.24) is 0 Å². The third-order valence-corrected chi connectivity index (χ3v) is 4.12. The first kappa shape index (κ1) is 12.6. The number of hydrogen-bond donors (Lipinski definition) is 2. The summed E-state index contributed by atoms with van der Waals surface area (Å²) in [5, 5.41) is 18.6. The van der Waals surface area contributed by atoms with Crippen LogP contribution in [-0.4, -0.2) is 23.4 Å². The van der Waals surface area contributed by atoms with E-state index in [1.165, 1.54) is 27.8 Å². The van der Waals surface area contributed by atoms with Crippen molar-refractivity contribution in [3.63, 3.8) is 0 Å². The largest absolute Gasteiger partial charge is 0.396 e. The number of aliphatic hydroxyl groups excluding tert-OH is 2. The van der Waals surface area contributed by atoms with Crippen molar-refractivity contribution in [2.45, 2.75) is 40.0 Å². The van der Waals surface area contributed by atoms with E-state index in [1.807, 2.05) is 0 Å². The topological polar surface area (TPSA) is 40.5 Å². The lowest BCUT2D eigenvalue weighted by atomic mass is 9.88. The summed E-state index contributed by atoms with van der Waals surface area (Å²) in [7, 11) is 0. The summed E-state index contributed by atoms with van der Waals surface area (Å²) in [6, 6.07) is 2.24. The molecule has 0 heterocycles. The normalized spacial score (nSPS) is 22.9. The molecule has 0 saturated heterocycles. The molecule has 0 bridgehead atoms. The fourth-order valence-electron chi connectivity index (χ4n) is 3.12. The Balaban J connectivity index is 2.46. The monoisotopic (exact) mass is 234 g/mol. The number of rotatable bonds is 3. The van der Waals surface area contributed by atoms with Crippen LogP contribution in [0.3, 0.4) is 0 Å². The van der Waals surface area contributed by atoms with E-state index >= 15 is 0 Å². The summed E-state index contributed by atoms with van der Waals surface area (Å²) in [5.74, 6) is 0. The van der Waals surface area contributed by atoms with Crippen LogP contribution in [0, 0.1) is 19.3 Å². The van der Waals surface area contributed by atoms with Gasteiger partial charge in [0, 0.05) is 13.2 Å². The molecule has 1 aromatic rings. The van der Waals surface area contributed by atoms with Crippen molar-refractivity contribution in [1.29, 1.82) is 0 Å². The van der Waals surface area contributed by atoms with E-state index in [0.29, 0.717) is 0 Å². The first-order valence-corrected chi connectivity index (χ1v) is 6.33. The number of fused-ring (bicyclic) bond motifs is 1. The summed E-state index contributed by atoms with van der Waals surface area (Å²) in [5.41, 5.74) is 6.68. The molecule has 0 unspecified atom stereocenters. The van der Waals surface area contributed by atoms with E-state index in [9.17, 15) is 5.11 Å². The minimum atomic E-state index is 0.0113. The van der Waals surface area contributed by atoms with E-state index in [-0.39, 0.29) is 18.6 Å². The van der Waals surface area contributed by atoms with Crippen molar-refractivity contribution in [3.05, 3.63) is 33.9 Å². The first-order chi connectivity index (χ1) is 8.00. The molecule has 0 radical (unpaired) electrons. The minimum absolute atomic E-state index is 0.0113. The second kappa shape index (κ2) is 4.43. The van der Waals surface area contributed by atoms with Crippen LogP contribution in [0.4, 0.5) is 0 Å². The quantitative estimate of drug-likeness (QED) is 0.839. The summed E-state index contributed by atoms with van der Waals surface area (Å²) in [6.45, 7) is 6.87. The van der Waals surface area contributed by atoms with E-state index in [1.54, 1.807) is 0 Å². The maximum absolute atomic E-state index is 9.49. The van der Waals surface area contributed by atoms with Crippen LogP contribution in [0.5, 0.6) is 0 Å². The highest BCUT2D eigenvalue weighted by Gasteiger charge is 2.33. The summed E-state index contributed by atoms with van der Waals surface area (Å²) in [6.07, 6.45) is 2.67. The predicted octanol–water partition coefficient (Wildman–Crippen LogP) is 1.94. The summed E-state index contributed by atoms with van der Waals surface area (Å²) >= 11 is 0. The average Bonchev–Trinajstić information content (AvgIpc) is 2.62. The van der Waals surface area contributed by atoms with Gasteiger partial charge in [0.2, 0.25) is 0 Å². The van der Waals surface area contributed by atoms with Crippen LogP contribution in [0.25, 0.3) is 0 Å². The second-order valence-corrected chi connectivity index (χ2v) is 5.73. The number of benzene rings is 1. The molecular formula is C15H22O2. The van der Waals surface area contributed by atoms with Crippen molar-refractivity contribution in [3.8, 4) is 0 Å². The van der Waals surface area contributed by atoms with Gasteiger partial charge in [-0.25, -0.2) is 0 Å². The number of aliphatic hydroxyl groups is 2. The fraction of sp³-hybridized carbons (Fsp3) is 0.600. The third kappa shape index (κ3) is 2.12. The maximum Gasteiger partial charge on any atom is 0.0491 e. The molecule has 2 heteroatoms. The van der Waals surface area contributed by atoms with Gasteiger partial charge in [-0.15, -0.1) is 0 Å². The Morgan fingerprint density at radius 3 is 2.53 bits per heavy atom. The van der Waals surface area contributed by atoms with Gasteiger partial charge < -0.3 is 10.2 Å². The Labute approximate surface area is 103 Å². The van der Waals surface area contributed by atoms with Gasteiger partial charge in [0.15, 0.2) is 0 Å². The SMILES string of the molecule is Cc1cc2c(c(C)c1CCO)C[C@@](C)(CO)C2. The van der Waals surface area contributed by atoms with Crippen LogP contribution >= 0.6 is 0 Å². The zero-order chi connectivity index (χ0) is 12.6. The molecule has 0 fully saturated rings. The standard InChI is InChI=1S/C15H22O2/c1-10-6-12-7-15(3,9-17)8-14(12)11(2)13(10)4-5-16/h6,16-17H,4-5,7-9H2,1-3H3/t15-/m0/s1. The molecule has 17 heavy (non-hydrogen) atoms. The molecule has 1 aliphatic carbocycles. The van der Waals surface area contributed by atoms with Gasteiger partial charge in [0.25, 0.3) is 0 Å². The van der Waals surface area contributed by atoms with Gasteiger partial charge in [0.1, 0.15) is 0 Å². The van der Waals surface area contributed by atoms with Crippen LogP contribution in [0.2, 0.25) is 0 Å². The Morgan fingerprint density at radius 2 is 1.94 bits per heavy atom. The average molecular weight is 234 g/mol. The summed E-state index contributed by atoms with van der Waals surface area (Å²) in [4.78, 5) is 0. The van der Waals surface area contributed by atoms with Crippen LogP contribution in [0.15, 0.2) is 6.07 Å². The molecule has 1 atom stereocenters. The van der Waals surface area contributed by atoms with E-state index in [0.717, 1.165) is 19.3 Å². The molecule has 94 valence electrons. The van der Waals surface area contributed by atoms with Gasteiger partial charge in [-0.05, 0) is 66.3 Å². The van der Waals surface area contributed by atoms with E-state index < -0.39 is 0 Å². The van der Waals surface area contributed by atoms with Crippen LogP contribution in [-0.2, 0) is 19.3 Å². The van der Waals surface area contributed by atoms with E-state index in [2.05, 4.69) is 26.8 Å². The zero-order valence-corrected chi connectivity index (χ0v) is 11.0. The fourth-order valence-corrected chi connectivity index (χ4v) is 3.12. The van der Waals surface area contributed by atoms with Crippen LogP contribution in [0.1, 0.15) is 34.7 Å². The highest BCUT2D eigenvalue weighted by molar-refractivity contribution is 5.48. The Bertz CT molecular complexity index is 437. The molecule has 0 amide bonds. The molecule has 1 aromatic carbocycles. The Morgan fingerprint density at radius 1 is 1.24 bits per heavy atom. The van der Waals surface area contributed by atoms with E-state index in [4.69, 9.17) is 5.11 Å². The molecular weight excluding hydrogens is 212 g/mol. The molecule has 0 aromatic heterocycles. The lowest BCUT2D eigenvalue weighted by molar-refractivity contribution is 0.152. The van der Waals surface area contributed by atoms with Crippen molar-refractivity contribution >= 4 is 0 Å². The molecule has 0 aliphatic heterocycles. The molecule has 1 aliphatic rings. The second-order valence-electron chi connectivity index (χ2n) is 5.73. The van der Waals surface area contributed by atoms with Crippen molar-refractivity contribution < 1.29 is 10.2 Å². The summed E-state index contributed by atoms with van der Waals surface area (Å²) < 4.78 is 0. The van der Waals surface area contributed by atoms with Gasteiger partial charge in [-0.3, -0.25) is 0 Å². The molecule has 0 saturated carbocycles. The Kier molecular flexibility index (Phi) is 3.28. The highest BCUT2D eigenvalue weighted by Crippen LogP contribution is 2.39. The molecule has 2 rings (SSSR count). The lowest BCUT2D eigenvalue weighted by Crippen LogP contribution is -2.21. The van der Waals surface area contributed by atoms with Crippen molar-refractivity contribution in [2.24, 2.45) is 5.41 Å². The molecule has 2 nitrogen and oxygen atoms in total. The van der Waals surface area contributed by atoms with Gasteiger partial charge in [0.05, 0.1) is 0 Å². The van der Waals surface area contributed by atoms with Gasteiger partial charge >= 0.3 is 0 Å². The number of hydrogen-bond acceptors (Lipinski definition) is 2.